The van der Waals surface area contributed by atoms with Crippen LogP contribution in [0.15, 0.2) is 109 Å². The molecular weight excluding hydrogens is 1080 g/mol. The van der Waals surface area contributed by atoms with Crippen molar-refractivity contribution in [2.24, 2.45) is 5.92 Å². The van der Waals surface area contributed by atoms with Crippen molar-refractivity contribution in [3.8, 4) is 0 Å². The first-order chi connectivity index (χ1) is 35.9. The number of ether oxygens (including phenoxy) is 2. The number of hydrogen-bond donors (Lipinski definition) is 2. The van der Waals surface area contributed by atoms with Gasteiger partial charge in [-0.15, -0.1) is 5.73 Å². The maximum Gasteiger partial charge on any atom is 0.261 e. The minimum atomic E-state index is -3.14. The Balaban J connectivity index is 1.86. The maximum absolute atomic E-state index is 14.4. The summed E-state index contributed by atoms with van der Waals surface area (Å²) in [6, 6.07) is 31.7. The zero-order valence-corrected chi connectivity index (χ0v) is 60.0. The van der Waals surface area contributed by atoms with E-state index in [0.29, 0.717) is 0 Å². The van der Waals surface area contributed by atoms with Gasteiger partial charge in [-0.2, -0.15) is 0 Å². The Morgan fingerprint density at radius 2 is 0.886 bits per heavy atom. The lowest BCUT2D eigenvalue weighted by Crippen LogP contribution is -2.72. The number of rotatable bonds is 19. The second-order valence-electron chi connectivity index (χ2n) is 30.9. The first kappa shape index (κ1) is 67.9. The molecule has 79 heavy (non-hydrogen) atoms. The third kappa shape index (κ3) is 14.6. The Kier molecular flexibility index (Phi) is 21.2. The van der Waals surface area contributed by atoms with Crippen molar-refractivity contribution in [1.29, 1.82) is 0 Å². The van der Waals surface area contributed by atoms with E-state index in [4.69, 9.17) is 31.6 Å². The molecule has 2 heterocycles. The predicted octanol–water partition coefficient (Wildman–Crippen LogP) is 14.0. The van der Waals surface area contributed by atoms with Gasteiger partial charge in [0.25, 0.3) is 8.32 Å². The van der Waals surface area contributed by atoms with Gasteiger partial charge < -0.3 is 41.8 Å². The highest BCUT2D eigenvalue weighted by molar-refractivity contribution is 6.99. The van der Waals surface area contributed by atoms with Gasteiger partial charge in [0, 0.05) is 5.92 Å². The molecule has 3 aromatic carbocycles. The van der Waals surface area contributed by atoms with Crippen LogP contribution in [-0.4, -0.2) is 128 Å². The number of benzene rings is 3. The fraction of sp³-hybridized carbons (Fsp3) is 0.672. The van der Waals surface area contributed by atoms with Crippen LogP contribution in [-0.2, 0) is 31.6 Å². The molecule has 0 spiro atoms. The van der Waals surface area contributed by atoms with Gasteiger partial charge in [-0.05, 0) is 99.6 Å². The fourth-order valence-corrected chi connectivity index (χ4v) is 24.1. The van der Waals surface area contributed by atoms with E-state index < -0.39 is 116 Å². The maximum atomic E-state index is 14.4. The lowest BCUT2D eigenvalue weighted by atomic mass is 9.78. The zero-order valence-electron chi connectivity index (χ0n) is 54.0. The molecule has 3 aromatic rings. The van der Waals surface area contributed by atoms with Crippen molar-refractivity contribution in [1.82, 2.24) is 0 Å². The molecule has 0 amide bonds. The van der Waals surface area contributed by atoms with Gasteiger partial charge in [-0.1, -0.05) is 220 Å². The molecule has 0 aromatic heterocycles. The summed E-state index contributed by atoms with van der Waals surface area (Å²) in [5.74, 6) is -0.818. The topological polar surface area (TPSA) is 105 Å². The first-order valence-corrected chi connectivity index (χ1v) is 46.0. The van der Waals surface area contributed by atoms with Gasteiger partial charge in [0.2, 0.25) is 0 Å². The summed E-state index contributed by atoms with van der Waals surface area (Å²) in [5.41, 5.74) is 2.74. The zero-order chi connectivity index (χ0) is 60.0. The summed E-state index contributed by atoms with van der Waals surface area (Å²) in [7, 11) is -16.3. The van der Waals surface area contributed by atoms with Crippen LogP contribution in [0.3, 0.4) is 0 Å². The predicted molar refractivity (Wildman–Crippen MR) is 347 cm³/mol. The smallest absolute Gasteiger partial charge is 0.261 e. The van der Waals surface area contributed by atoms with Crippen LogP contribution in [0.5, 0.6) is 0 Å². The van der Waals surface area contributed by atoms with E-state index in [0.717, 1.165) is 10.4 Å². The third-order valence-corrected chi connectivity index (χ3v) is 47.0. The quantitative estimate of drug-likeness (QED) is 0.0897. The average Bonchev–Trinajstić information content (AvgIpc) is 3.33. The lowest BCUT2D eigenvalue weighted by molar-refractivity contribution is -0.256. The van der Waals surface area contributed by atoms with Crippen LogP contribution >= 0.6 is 0 Å². The van der Waals surface area contributed by atoms with E-state index >= 15 is 0 Å². The Morgan fingerprint density at radius 3 is 1.28 bits per heavy atom. The molecule has 2 saturated heterocycles. The second-order valence-corrected chi connectivity index (χ2v) is 59.0. The Hall–Kier alpha value is -1.88. The molecule has 444 valence electrons. The SMILES string of the molecule is C=C=C[C@H]1O[C@H](CO[Si](c2ccccc2)(c2ccccc2)C(C)(C)C)[C@@H](O)[C@@H]([C@H](O)[C@@H]2O[C@H](CO[Si](C)(C)C(C)(C)C)[C@H](O[Si](C)(C)C(C)(C)C)[C@H](O[Si](C)(C)C(C)(C)C)[C@@H]2O[Si](C)(C)C(C)(C)C)[C@@H]1[Si](C)(C)c1ccccc1. The minimum Gasteiger partial charge on any atom is -0.414 e. The minimum absolute atomic E-state index is 0.0666. The molecule has 2 aliphatic heterocycles. The fourth-order valence-electron chi connectivity index (χ4n) is 10.8. The van der Waals surface area contributed by atoms with Gasteiger partial charge >= 0.3 is 0 Å². The largest absolute Gasteiger partial charge is 0.414 e. The van der Waals surface area contributed by atoms with E-state index in [1.54, 1.807) is 0 Å². The average molecular weight is 1190 g/mol. The second kappa shape index (κ2) is 24.6. The summed E-state index contributed by atoms with van der Waals surface area (Å²) in [6.45, 7) is 61.4. The summed E-state index contributed by atoms with van der Waals surface area (Å²) in [6.07, 6.45) is -5.82. The summed E-state index contributed by atoms with van der Waals surface area (Å²) >= 11 is 0. The third-order valence-electron chi connectivity index (χ3n) is 19.9. The Morgan fingerprint density at radius 1 is 0.506 bits per heavy atom. The molecule has 0 unspecified atom stereocenters. The van der Waals surface area contributed by atoms with Crippen LogP contribution in [0.4, 0.5) is 0 Å². The normalized spacial score (nSPS) is 26.1. The van der Waals surface area contributed by atoms with Gasteiger partial charge in [0.15, 0.2) is 33.3 Å². The number of aliphatic hydroxyl groups excluding tert-OH is 2. The van der Waals surface area contributed by atoms with Crippen LogP contribution in [0.2, 0.25) is 96.2 Å². The van der Waals surface area contributed by atoms with Crippen LogP contribution in [0.25, 0.3) is 0 Å². The summed E-state index contributed by atoms with van der Waals surface area (Å²) < 4.78 is 53.6. The van der Waals surface area contributed by atoms with Crippen molar-refractivity contribution < 1.29 is 41.8 Å². The molecule has 15 heteroatoms. The molecule has 9 nitrogen and oxygen atoms in total. The van der Waals surface area contributed by atoms with E-state index in [1.807, 2.05) is 24.3 Å². The lowest BCUT2D eigenvalue weighted by Gasteiger charge is -2.58. The van der Waals surface area contributed by atoms with E-state index in [-0.39, 0.29) is 38.4 Å². The standard InChI is InChI=1S/C64H110O9Si6/c1-27-37-49-59(74(17,18)46-38-31-28-32-39-46)52(53(65)50(69-49)44-68-79(64(14,15)16,47-40-33-29-34-41-47)48-42-35-30-36-43-48)54(66)56-58(73-78(25,26)63(11,12)13)57(72-77(23,24)62(8,9)10)55(71-76(21,22)61(5,6)7)51(70-56)45-67-75(19,20)60(2,3)4/h28-43,49-59,65-66H,1,44-45H2,2-26H3/t49-,50-,51-,52+,53-,54+,55+,56+,57+,58-,59-/m1/s1. The number of hydrogen-bond acceptors (Lipinski definition) is 9. The monoisotopic (exact) mass is 1190 g/mol. The van der Waals surface area contributed by atoms with Gasteiger partial charge in [0.1, 0.15) is 36.6 Å². The Bertz CT molecular complexity index is 2420. The van der Waals surface area contributed by atoms with E-state index in [2.05, 4.69) is 254 Å². The highest BCUT2D eigenvalue weighted by Crippen LogP contribution is 2.51. The van der Waals surface area contributed by atoms with Crippen LogP contribution < -0.4 is 15.6 Å². The molecule has 2 fully saturated rings. The van der Waals surface area contributed by atoms with Crippen LogP contribution in [0.1, 0.15) is 104 Å². The summed E-state index contributed by atoms with van der Waals surface area (Å²) in [4.78, 5) is 0. The molecule has 2 N–H and O–H groups in total. The molecule has 11 atom stereocenters. The van der Waals surface area contributed by atoms with E-state index in [1.165, 1.54) is 5.19 Å². The van der Waals surface area contributed by atoms with E-state index in [9.17, 15) is 10.2 Å². The van der Waals surface area contributed by atoms with Gasteiger partial charge in [-0.25, -0.2) is 0 Å². The van der Waals surface area contributed by atoms with Crippen LogP contribution in [0, 0.1) is 5.92 Å². The Labute approximate surface area is 487 Å². The molecule has 0 aliphatic carbocycles. The van der Waals surface area contributed by atoms with Crippen molar-refractivity contribution in [2.75, 3.05) is 13.2 Å². The van der Waals surface area contributed by atoms with Crippen molar-refractivity contribution in [3.05, 3.63) is 109 Å². The first-order valence-electron chi connectivity index (χ1n) is 29.4. The molecule has 5 rings (SSSR count). The molecule has 0 bridgehead atoms. The van der Waals surface area contributed by atoms with Gasteiger partial charge in [0.05, 0.1) is 39.6 Å². The van der Waals surface area contributed by atoms with Crippen molar-refractivity contribution >= 4 is 65.2 Å². The molecule has 2 aliphatic rings. The summed E-state index contributed by atoms with van der Waals surface area (Å²) in [5, 5.41) is 30.6. The van der Waals surface area contributed by atoms with Gasteiger partial charge in [-0.3, -0.25) is 0 Å². The molecule has 0 saturated carbocycles. The molecule has 0 radical (unpaired) electrons. The number of aliphatic hydroxyl groups is 2. The highest BCUT2D eigenvalue weighted by atomic mass is 28.4. The highest BCUT2D eigenvalue weighted by Gasteiger charge is 2.63. The molecular formula is C64H110O9Si6. The van der Waals surface area contributed by atoms with Crippen molar-refractivity contribution in [2.45, 2.75) is 255 Å². The van der Waals surface area contributed by atoms with Crippen molar-refractivity contribution in [3.63, 3.8) is 0 Å².